The molecular formula is C28H30FN3O3S. The third kappa shape index (κ3) is 4.48. The number of aryl methyl sites for hydroxylation is 2. The highest BCUT2D eigenvalue weighted by molar-refractivity contribution is 7.92. The molecule has 2 aromatic heterocycles. The maximum Gasteiger partial charge on any atom is 0.232 e. The van der Waals surface area contributed by atoms with E-state index in [1.165, 1.54) is 23.5 Å². The average molecular weight is 508 g/mol. The zero-order valence-electron chi connectivity index (χ0n) is 21.6. The monoisotopic (exact) mass is 507 g/mol. The molecule has 2 aromatic carbocycles. The number of halogens is 1. The van der Waals surface area contributed by atoms with Crippen LogP contribution in [0, 0.1) is 26.6 Å². The Morgan fingerprint density at radius 2 is 1.75 bits per heavy atom. The maximum atomic E-state index is 13.5. The number of furan rings is 1. The summed E-state index contributed by atoms with van der Waals surface area (Å²) < 4.78 is 47.9. The summed E-state index contributed by atoms with van der Waals surface area (Å²) >= 11 is 0. The molecule has 0 saturated carbocycles. The number of aromatic nitrogens is 1. The molecule has 2 heterocycles. The van der Waals surface area contributed by atoms with E-state index in [4.69, 9.17) is 9.41 Å². The first kappa shape index (κ1) is 25.4. The molecule has 0 saturated heterocycles. The van der Waals surface area contributed by atoms with Gasteiger partial charge in [0.2, 0.25) is 10.0 Å². The van der Waals surface area contributed by atoms with Crippen LogP contribution in [0.5, 0.6) is 0 Å². The van der Waals surface area contributed by atoms with E-state index in [1.54, 1.807) is 18.2 Å². The van der Waals surface area contributed by atoms with Crippen LogP contribution in [-0.2, 0) is 17.1 Å². The highest BCUT2D eigenvalue weighted by Gasteiger charge is 2.22. The molecule has 0 spiro atoms. The zero-order chi connectivity index (χ0) is 26.5. The van der Waals surface area contributed by atoms with Crippen molar-refractivity contribution in [3.63, 3.8) is 0 Å². The van der Waals surface area contributed by atoms with Gasteiger partial charge in [-0.15, -0.1) is 0 Å². The number of benzene rings is 2. The second kappa shape index (κ2) is 9.09. The standard InChI is InChI=1S/C28H30FN3O3S/c1-16-13-25(31(6)20(16)5)19(4)30-18(3)24-14-23-17(2)28(21-9-11-22(29)12-10-21)35-27(23)15-26(24)32(7)36(8,33)34/h9-15H,4H2,1-3,5-8H3. The number of rotatable bonds is 6. The minimum Gasteiger partial charge on any atom is -0.456 e. The molecule has 8 heteroatoms. The molecule has 0 bridgehead atoms. The van der Waals surface area contributed by atoms with E-state index in [1.807, 2.05) is 51.4 Å². The van der Waals surface area contributed by atoms with Gasteiger partial charge in [-0.05, 0) is 69.7 Å². The molecule has 0 radical (unpaired) electrons. The molecule has 0 atom stereocenters. The van der Waals surface area contributed by atoms with Gasteiger partial charge in [0.15, 0.2) is 0 Å². The van der Waals surface area contributed by atoms with Crippen LogP contribution < -0.4 is 4.31 Å². The van der Waals surface area contributed by atoms with Crippen LogP contribution in [0.2, 0.25) is 0 Å². The Morgan fingerprint density at radius 1 is 1.11 bits per heavy atom. The van der Waals surface area contributed by atoms with E-state index in [-0.39, 0.29) is 5.82 Å². The first-order valence-corrected chi connectivity index (χ1v) is 13.3. The van der Waals surface area contributed by atoms with Crippen LogP contribution in [0.1, 0.15) is 35.0 Å². The number of hydrogen-bond donors (Lipinski definition) is 0. The second-order valence-corrected chi connectivity index (χ2v) is 11.2. The predicted molar refractivity (Wildman–Crippen MR) is 146 cm³/mol. The Morgan fingerprint density at radius 3 is 2.31 bits per heavy atom. The summed E-state index contributed by atoms with van der Waals surface area (Å²) in [5.41, 5.74) is 7.57. The Kier molecular flexibility index (Phi) is 6.43. The van der Waals surface area contributed by atoms with Crippen molar-refractivity contribution < 1.29 is 17.2 Å². The summed E-state index contributed by atoms with van der Waals surface area (Å²) in [6.07, 6.45) is 1.15. The summed E-state index contributed by atoms with van der Waals surface area (Å²) in [6, 6.07) is 11.7. The highest BCUT2D eigenvalue weighted by Crippen LogP contribution is 2.37. The Labute approximate surface area is 211 Å². The average Bonchev–Trinajstić information content (AvgIpc) is 3.28. The molecule has 0 N–H and O–H groups in total. The predicted octanol–water partition coefficient (Wildman–Crippen LogP) is 6.38. The van der Waals surface area contributed by atoms with Gasteiger partial charge in [0, 0.05) is 53.6 Å². The number of anilines is 1. The molecular weight excluding hydrogens is 477 g/mol. The fraction of sp³-hybridized carbons (Fsp3) is 0.250. The first-order valence-electron chi connectivity index (χ1n) is 11.4. The van der Waals surface area contributed by atoms with Gasteiger partial charge in [-0.25, -0.2) is 12.8 Å². The summed E-state index contributed by atoms with van der Waals surface area (Å²) in [7, 11) is -0.0926. The molecule has 188 valence electrons. The van der Waals surface area contributed by atoms with E-state index >= 15 is 0 Å². The van der Waals surface area contributed by atoms with E-state index in [9.17, 15) is 12.8 Å². The number of sulfonamides is 1. The minimum absolute atomic E-state index is 0.331. The SMILES string of the molecule is C=C(N=C(C)c1cc2c(C)c(-c3ccc(F)cc3)oc2cc1N(C)S(C)(=O)=O)c1cc(C)c(C)n1C. The second-order valence-electron chi connectivity index (χ2n) is 9.16. The Bertz CT molecular complexity index is 1640. The van der Waals surface area contributed by atoms with E-state index < -0.39 is 10.0 Å². The molecule has 0 amide bonds. The minimum atomic E-state index is -3.56. The molecule has 0 aliphatic heterocycles. The lowest BCUT2D eigenvalue weighted by Gasteiger charge is -2.20. The van der Waals surface area contributed by atoms with Crippen molar-refractivity contribution in [2.24, 2.45) is 12.0 Å². The van der Waals surface area contributed by atoms with Crippen molar-refractivity contribution in [2.45, 2.75) is 27.7 Å². The third-order valence-corrected chi connectivity index (χ3v) is 7.97. The normalized spacial score (nSPS) is 12.4. The molecule has 4 aromatic rings. The topological polar surface area (TPSA) is 67.8 Å². The first-order chi connectivity index (χ1) is 16.8. The summed E-state index contributed by atoms with van der Waals surface area (Å²) in [5.74, 6) is 0.270. The molecule has 0 aliphatic rings. The zero-order valence-corrected chi connectivity index (χ0v) is 22.4. The van der Waals surface area contributed by atoms with Crippen LogP contribution in [0.3, 0.4) is 0 Å². The Hall–Kier alpha value is -3.65. The van der Waals surface area contributed by atoms with Gasteiger partial charge >= 0.3 is 0 Å². The van der Waals surface area contributed by atoms with Crippen molar-refractivity contribution in [1.29, 1.82) is 0 Å². The lowest BCUT2D eigenvalue weighted by atomic mass is 10.0. The maximum absolute atomic E-state index is 13.5. The van der Waals surface area contributed by atoms with Crippen LogP contribution >= 0.6 is 0 Å². The molecule has 36 heavy (non-hydrogen) atoms. The van der Waals surface area contributed by atoms with E-state index in [2.05, 4.69) is 6.58 Å². The van der Waals surface area contributed by atoms with Crippen LogP contribution in [0.15, 0.2) is 58.5 Å². The fourth-order valence-electron chi connectivity index (χ4n) is 4.31. The van der Waals surface area contributed by atoms with Crippen LogP contribution in [0.25, 0.3) is 28.0 Å². The van der Waals surface area contributed by atoms with Gasteiger partial charge in [0.25, 0.3) is 0 Å². The van der Waals surface area contributed by atoms with Gasteiger partial charge in [-0.3, -0.25) is 9.30 Å². The smallest absolute Gasteiger partial charge is 0.232 e. The number of fused-ring (bicyclic) bond motifs is 1. The van der Waals surface area contributed by atoms with Crippen molar-refractivity contribution in [3.8, 4) is 11.3 Å². The lowest BCUT2D eigenvalue weighted by molar-refractivity contribution is 0.600. The summed E-state index contributed by atoms with van der Waals surface area (Å²) in [5, 5.41) is 0.820. The lowest BCUT2D eigenvalue weighted by Crippen LogP contribution is -2.26. The fourth-order valence-corrected chi connectivity index (χ4v) is 4.82. The van der Waals surface area contributed by atoms with Gasteiger partial charge in [0.05, 0.1) is 23.3 Å². The van der Waals surface area contributed by atoms with Gasteiger partial charge in [-0.2, -0.15) is 0 Å². The quantitative estimate of drug-likeness (QED) is 0.285. The molecule has 0 unspecified atom stereocenters. The summed E-state index contributed by atoms with van der Waals surface area (Å²) in [6.45, 7) is 12.0. The molecule has 4 rings (SSSR count). The largest absolute Gasteiger partial charge is 0.456 e. The van der Waals surface area contributed by atoms with Crippen molar-refractivity contribution in [2.75, 3.05) is 17.6 Å². The molecule has 0 aliphatic carbocycles. The Balaban J connectivity index is 1.91. The van der Waals surface area contributed by atoms with Gasteiger partial charge < -0.3 is 8.98 Å². The van der Waals surface area contributed by atoms with Gasteiger partial charge in [0.1, 0.15) is 17.2 Å². The van der Waals surface area contributed by atoms with Crippen molar-refractivity contribution >= 4 is 38.1 Å². The van der Waals surface area contributed by atoms with Crippen molar-refractivity contribution in [3.05, 3.63) is 82.9 Å². The summed E-state index contributed by atoms with van der Waals surface area (Å²) in [4.78, 5) is 4.78. The van der Waals surface area contributed by atoms with Crippen LogP contribution in [0.4, 0.5) is 10.1 Å². The van der Waals surface area contributed by atoms with Crippen molar-refractivity contribution in [1.82, 2.24) is 4.57 Å². The van der Waals surface area contributed by atoms with Crippen LogP contribution in [-0.4, -0.2) is 32.0 Å². The van der Waals surface area contributed by atoms with E-state index in [0.29, 0.717) is 34.0 Å². The number of nitrogens with zero attached hydrogens (tertiary/aromatic N) is 3. The molecule has 0 fully saturated rings. The van der Waals surface area contributed by atoms with E-state index in [0.717, 1.165) is 39.7 Å². The number of aliphatic imine (C=N–C) groups is 1. The van der Waals surface area contributed by atoms with Gasteiger partial charge in [-0.1, -0.05) is 6.58 Å². The number of hydrogen-bond acceptors (Lipinski definition) is 4. The molecule has 6 nitrogen and oxygen atoms in total. The highest BCUT2D eigenvalue weighted by atomic mass is 32.2. The third-order valence-electron chi connectivity index (χ3n) is 6.77.